The van der Waals surface area contributed by atoms with Crippen LogP contribution in [-0.4, -0.2) is 62.1 Å². The standard InChI is InChI=1S/C20H32N2O4S/c1-5-22(27(4,24)25)18-10-13-21(14-11-18)20(23)12-15-26-19-8-6-17(7-9-19)16(2)3/h6-9,16,18H,5,10-15H2,1-4H3. The lowest BCUT2D eigenvalue weighted by molar-refractivity contribution is -0.133. The molecule has 1 saturated heterocycles. The summed E-state index contributed by atoms with van der Waals surface area (Å²) in [6.07, 6.45) is 2.95. The minimum atomic E-state index is -3.20. The van der Waals surface area contributed by atoms with Gasteiger partial charge in [-0.1, -0.05) is 32.9 Å². The van der Waals surface area contributed by atoms with E-state index in [-0.39, 0.29) is 11.9 Å². The van der Waals surface area contributed by atoms with Crippen LogP contribution >= 0.6 is 0 Å². The van der Waals surface area contributed by atoms with Crippen molar-refractivity contribution in [2.75, 3.05) is 32.5 Å². The van der Waals surface area contributed by atoms with Crippen LogP contribution in [0.1, 0.15) is 51.5 Å². The summed E-state index contributed by atoms with van der Waals surface area (Å²) >= 11 is 0. The molecule has 0 atom stereocenters. The third-order valence-electron chi connectivity index (χ3n) is 5.09. The Labute approximate surface area is 163 Å². The zero-order valence-corrected chi connectivity index (χ0v) is 17.7. The molecule has 2 rings (SSSR count). The summed E-state index contributed by atoms with van der Waals surface area (Å²) in [5.74, 6) is 1.32. The molecular weight excluding hydrogens is 364 g/mol. The lowest BCUT2D eigenvalue weighted by Gasteiger charge is -2.36. The van der Waals surface area contributed by atoms with E-state index in [1.165, 1.54) is 11.8 Å². The van der Waals surface area contributed by atoms with E-state index >= 15 is 0 Å². The van der Waals surface area contributed by atoms with Crippen molar-refractivity contribution in [1.82, 2.24) is 9.21 Å². The molecule has 0 aromatic heterocycles. The van der Waals surface area contributed by atoms with Crippen molar-refractivity contribution < 1.29 is 17.9 Å². The van der Waals surface area contributed by atoms with Gasteiger partial charge in [-0.05, 0) is 36.5 Å². The summed E-state index contributed by atoms with van der Waals surface area (Å²) in [5.41, 5.74) is 1.26. The van der Waals surface area contributed by atoms with E-state index in [9.17, 15) is 13.2 Å². The second-order valence-corrected chi connectivity index (χ2v) is 9.34. The average Bonchev–Trinajstić information content (AvgIpc) is 2.62. The number of ether oxygens (including phenoxy) is 1. The van der Waals surface area contributed by atoms with Crippen LogP contribution < -0.4 is 4.74 Å². The summed E-state index contributed by atoms with van der Waals surface area (Å²) in [7, 11) is -3.20. The molecule has 0 bridgehead atoms. The highest BCUT2D eigenvalue weighted by Crippen LogP contribution is 2.20. The zero-order chi connectivity index (χ0) is 20.0. The summed E-state index contributed by atoms with van der Waals surface area (Å²) in [6, 6.07) is 7.97. The number of benzene rings is 1. The maximum absolute atomic E-state index is 12.4. The second-order valence-electron chi connectivity index (χ2n) is 7.40. The third-order valence-corrected chi connectivity index (χ3v) is 6.50. The number of rotatable bonds is 8. The molecule has 1 heterocycles. The molecule has 0 saturated carbocycles. The summed E-state index contributed by atoms with van der Waals surface area (Å²) in [4.78, 5) is 14.2. The van der Waals surface area contributed by atoms with Crippen molar-refractivity contribution in [2.45, 2.75) is 52.0 Å². The van der Waals surface area contributed by atoms with E-state index in [1.807, 2.05) is 36.1 Å². The van der Waals surface area contributed by atoms with Gasteiger partial charge < -0.3 is 9.64 Å². The summed E-state index contributed by atoms with van der Waals surface area (Å²) in [5, 5.41) is 0. The monoisotopic (exact) mass is 396 g/mol. The van der Waals surface area contributed by atoms with Crippen LogP contribution in [0.5, 0.6) is 5.75 Å². The SMILES string of the molecule is CCN(C1CCN(C(=O)CCOc2ccc(C(C)C)cc2)CC1)S(C)(=O)=O. The Balaban J connectivity index is 1.76. The Kier molecular flexibility index (Phi) is 7.68. The van der Waals surface area contributed by atoms with Gasteiger partial charge in [0.1, 0.15) is 5.75 Å². The van der Waals surface area contributed by atoms with E-state index < -0.39 is 10.0 Å². The Bertz CT molecular complexity index is 708. The molecule has 1 amide bonds. The quantitative estimate of drug-likeness (QED) is 0.678. The molecule has 0 N–H and O–H groups in total. The number of piperidine rings is 1. The lowest BCUT2D eigenvalue weighted by atomic mass is 10.0. The minimum absolute atomic E-state index is 0.00947. The highest BCUT2D eigenvalue weighted by molar-refractivity contribution is 7.88. The van der Waals surface area contributed by atoms with Crippen LogP contribution in [0.25, 0.3) is 0 Å². The number of sulfonamides is 1. The van der Waals surface area contributed by atoms with Gasteiger partial charge in [-0.15, -0.1) is 0 Å². The molecule has 0 spiro atoms. The average molecular weight is 397 g/mol. The van der Waals surface area contributed by atoms with E-state index in [0.29, 0.717) is 51.4 Å². The van der Waals surface area contributed by atoms with Gasteiger partial charge in [-0.2, -0.15) is 4.31 Å². The van der Waals surface area contributed by atoms with Crippen LogP contribution in [-0.2, 0) is 14.8 Å². The van der Waals surface area contributed by atoms with Gasteiger partial charge >= 0.3 is 0 Å². The van der Waals surface area contributed by atoms with Crippen molar-refractivity contribution >= 4 is 15.9 Å². The molecule has 1 aliphatic heterocycles. The molecule has 0 unspecified atom stereocenters. The van der Waals surface area contributed by atoms with Crippen molar-refractivity contribution in [1.29, 1.82) is 0 Å². The van der Waals surface area contributed by atoms with Gasteiger partial charge in [0.2, 0.25) is 15.9 Å². The highest BCUT2D eigenvalue weighted by atomic mass is 32.2. The maximum Gasteiger partial charge on any atom is 0.225 e. The van der Waals surface area contributed by atoms with E-state index in [0.717, 1.165) is 5.75 Å². The van der Waals surface area contributed by atoms with E-state index in [2.05, 4.69) is 13.8 Å². The minimum Gasteiger partial charge on any atom is -0.493 e. The predicted molar refractivity (Wildman–Crippen MR) is 107 cm³/mol. The summed E-state index contributed by atoms with van der Waals surface area (Å²) < 4.78 is 30.9. The molecule has 0 radical (unpaired) electrons. The number of amides is 1. The maximum atomic E-state index is 12.4. The first kappa shape index (κ1) is 21.7. The largest absolute Gasteiger partial charge is 0.493 e. The van der Waals surface area contributed by atoms with Crippen LogP contribution in [0, 0.1) is 0 Å². The number of carbonyl (C=O) groups excluding carboxylic acids is 1. The second kappa shape index (κ2) is 9.55. The number of nitrogens with zero attached hydrogens (tertiary/aromatic N) is 2. The first-order valence-corrected chi connectivity index (χ1v) is 11.5. The highest BCUT2D eigenvalue weighted by Gasteiger charge is 2.30. The number of hydrogen-bond donors (Lipinski definition) is 0. The fraction of sp³-hybridized carbons (Fsp3) is 0.650. The molecule has 1 fully saturated rings. The van der Waals surface area contributed by atoms with Gasteiger partial charge in [-0.3, -0.25) is 4.79 Å². The number of hydrogen-bond acceptors (Lipinski definition) is 4. The van der Waals surface area contributed by atoms with Gasteiger partial charge in [0.05, 0.1) is 19.3 Å². The topological polar surface area (TPSA) is 66.9 Å². The van der Waals surface area contributed by atoms with Crippen molar-refractivity contribution in [3.05, 3.63) is 29.8 Å². The normalized spacial score (nSPS) is 16.1. The fourth-order valence-corrected chi connectivity index (χ4v) is 4.75. The number of carbonyl (C=O) groups is 1. The van der Waals surface area contributed by atoms with E-state index in [4.69, 9.17) is 4.74 Å². The smallest absolute Gasteiger partial charge is 0.225 e. The molecule has 1 aliphatic rings. The molecule has 6 nitrogen and oxygen atoms in total. The fourth-order valence-electron chi connectivity index (χ4n) is 3.53. The summed E-state index contributed by atoms with van der Waals surface area (Å²) in [6.45, 7) is 8.16. The van der Waals surface area contributed by atoms with Crippen LogP contribution in [0.4, 0.5) is 0 Å². The van der Waals surface area contributed by atoms with E-state index in [1.54, 1.807) is 4.31 Å². The van der Waals surface area contributed by atoms with Gasteiger partial charge in [0.15, 0.2) is 0 Å². The molecule has 0 aliphatic carbocycles. The molecule has 27 heavy (non-hydrogen) atoms. The van der Waals surface area contributed by atoms with Gasteiger partial charge in [0.25, 0.3) is 0 Å². The molecular formula is C20H32N2O4S. The number of likely N-dealkylation sites (tertiary alicyclic amines) is 1. The Hall–Kier alpha value is -1.60. The van der Waals surface area contributed by atoms with Gasteiger partial charge in [-0.25, -0.2) is 8.42 Å². The molecule has 1 aromatic rings. The Morgan fingerprint density at radius 3 is 2.30 bits per heavy atom. The zero-order valence-electron chi connectivity index (χ0n) is 16.8. The first-order valence-electron chi connectivity index (χ1n) is 9.69. The molecule has 152 valence electrons. The predicted octanol–water partition coefficient (Wildman–Crippen LogP) is 2.85. The third kappa shape index (κ3) is 6.21. The Morgan fingerprint density at radius 2 is 1.81 bits per heavy atom. The molecule has 7 heteroatoms. The van der Waals surface area contributed by atoms with Crippen LogP contribution in [0.2, 0.25) is 0 Å². The van der Waals surface area contributed by atoms with Gasteiger partial charge in [0, 0.05) is 25.7 Å². The van der Waals surface area contributed by atoms with Crippen molar-refractivity contribution in [2.24, 2.45) is 0 Å². The van der Waals surface area contributed by atoms with Crippen LogP contribution in [0.3, 0.4) is 0 Å². The van der Waals surface area contributed by atoms with Crippen molar-refractivity contribution in [3.63, 3.8) is 0 Å². The van der Waals surface area contributed by atoms with Crippen molar-refractivity contribution in [3.8, 4) is 5.75 Å². The van der Waals surface area contributed by atoms with Crippen LogP contribution in [0.15, 0.2) is 24.3 Å². The molecule has 1 aromatic carbocycles. The Morgan fingerprint density at radius 1 is 1.22 bits per heavy atom. The lowest BCUT2D eigenvalue weighted by Crippen LogP contribution is -2.48. The first-order chi connectivity index (χ1) is 12.7.